The molecular weight excluding hydrogens is 713 g/mol. The minimum absolute atomic E-state index is 0.0938. The highest BCUT2D eigenvalue weighted by Crippen LogP contribution is 2.39. The predicted octanol–water partition coefficient (Wildman–Crippen LogP) is 8.55. The highest BCUT2D eigenvalue weighted by molar-refractivity contribution is 14.1. The highest BCUT2D eigenvalue weighted by atomic mass is 127. The molecule has 1 amide bonds. The number of carbonyl (C=O) groups is 1. The van der Waals surface area contributed by atoms with E-state index in [1.54, 1.807) is 23.9 Å². The van der Waals surface area contributed by atoms with E-state index in [4.69, 9.17) is 9.73 Å². The molecular formula is C29H31FI2N2O2S. The van der Waals surface area contributed by atoms with Gasteiger partial charge in [-0.2, -0.15) is 0 Å². The third-order valence-corrected chi connectivity index (χ3v) is 9.89. The fourth-order valence-corrected chi connectivity index (χ4v) is 8.56. The fourth-order valence-electron chi connectivity index (χ4n) is 5.32. The maximum absolute atomic E-state index is 14.0. The van der Waals surface area contributed by atoms with E-state index in [1.807, 2.05) is 29.2 Å². The first-order valence-electron chi connectivity index (χ1n) is 13.2. The van der Waals surface area contributed by atoms with Crippen LogP contribution in [-0.4, -0.2) is 28.1 Å². The fraction of sp³-hybridized carbons (Fsp3) is 0.448. The summed E-state index contributed by atoms with van der Waals surface area (Å²) in [7, 11) is 0. The van der Waals surface area contributed by atoms with Crippen LogP contribution in [0.1, 0.15) is 75.3 Å². The lowest BCUT2D eigenvalue weighted by atomic mass is 9.94. The maximum Gasteiger partial charge on any atom is 0.266 e. The first kappa shape index (κ1) is 27.4. The molecule has 1 heterocycles. The van der Waals surface area contributed by atoms with E-state index in [0.717, 1.165) is 54.2 Å². The van der Waals surface area contributed by atoms with Crippen molar-refractivity contribution in [3.8, 4) is 5.75 Å². The maximum atomic E-state index is 14.0. The normalized spacial score (nSPS) is 21.8. The molecule has 0 aromatic heterocycles. The van der Waals surface area contributed by atoms with Crippen molar-refractivity contribution in [1.82, 2.24) is 4.90 Å². The van der Waals surface area contributed by atoms with Crippen molar-refractivity contribution in [3.63, 3.8) is 0 Å². The van der Waals surface area contributed by atoms with Crippen LogP contribution in [-0.2, 0) is 11.4 Å². The number of benzene rings is 2. The van der Waals surface area contributed by atoms with Crippen molar-refractivity contribution in [2.24, 2.45) is 4.99 Å². The van der Waals surface area contributed by atoms with Gasteiger partial charge in [0.05, 0.1) is 18.1 Å². The molecule has 0 bridgehead atoms. The molecule has 37 heavy (non-hydrogen) atoms. The topological polar surface area (TPSA) is 41.9 Å². The largest absolute Gasteiger partial charge is 0.487 e. The molecule has 2 aromatic carbocycles. The van der Waals surface area contributed by atoms with Crippen LogP contribution < -0.4 is 4.74 Å². The predicted molar refractivity (Wildman–Crippen MR) is 166 cm³/mol. The molecule has 0 atom stereocenters. The monoisotopic (exact) mass is 744 g/mol. The first-order valence-corrected chi connectivity index (χ1v) is 16.1. The average Bonchev–Trinajstić information content (AvgIpc) is 3.19. The van der Waals surface area contributed by atoms with Gasteiger partial charge < -0.3 is 4.74 Å². The SMILES string of the molecule is O=C1C(=Cc2cc(I)c(OCc3ccccc3F)c(I)c2)SC(=NC2CCCCC2)N1C1CCCCC1. The van der Waals surface area contributed by atoms with E-state index < -0.39 is 0 Å². The summed E-state index contributed by atoms with van der Waals surface area (Å²) >= 11 is 6.06. The number of amidine groups is 1. The van der Waals surface area contributed by atoms with Crippen LogP contribution in [0.25, 0.3) is 6.08 Å². The zero-order valence-corrected chi connectivity index (χ0v) is 25.9. The summed E-state index contributed by atoms with van der Waals surface area (Å²) in [6.07, 6.45) is 13.7. The molecule has 5 rings (SSSR count). The van der Waals surface area contributed by atoms with E-state index in [1.165, 1.54) is 44.6 Å². The number of hydrogen-bond acceptors (Lipinski definition) is 4. The second-order valence-corrected chi connectivity index (χ2v) is 13.3. The van der Waals surface area contributed by atoms with Crippen LogP contribution in [0, 0.1) is 13.0 Å². The molecule has 3 fully saturated rings. The van der Waals surface area contributed by atoms with Crippen LogP contribution in [0.15, 0.2) is 46.3 Å². The smallest absolute Gasteiger partial charge is 0.266 e. The Kier molecular flexibility index (Phi) is 9.49. The molecule has 0 radical (unpaired) electrons. The van der Waals surface area contributed by atoms with Gasteiger partial charge >= 0.3 is 0 Å². The van der Waals surface area contributed by atoms with Gasteiger partial charge in [0.1, 0.15) is 18.2 Å². The van der Waals surface area contributed by atoms with E-state index >= 15 is 0 Å². The number of carbonyl (C=O) groups excluding carboxylic acids is 1. The molecule has 2 aliphatic carbocycles. The standard InChI is InChI=1S/C29H31FI2N2O2S/c30-23-14-8-7-9-20(23)18-36-27-24(31)15-19(16-25(27)32)17-26-28(35)34(22-12-5-2-6-13-22)29(37-26)33-21-10-3-1-4-11-21/h7-9,14-17,21-22H,1-6,10-13,18H2. The van der Waals surface area contributed by atoms with Gasteiger partial charge in [-0.15, -0.1) is 0 Å². The summed E-state index contributed by atoms with van der Waals surface area (Å²) < 4.78 is 21.9. The van der Waals surface area contributed by atoms with Crippen molar-refractivity contribution in [1.29, 1.82) is 0 Å². The van der Waals surface area contributed by atoms with Gasteiger partial charge in [-0.3, -0.25) is 14.7 Å². The van der Waals surface area contributed by atoms with E-state index in [0.29, 0.717) is 11.6 Å². The molecule has 0 unspecified atom stereocenters. The quantitative estimate of drug-likeness (QED) is 0.220. The molecule has 4 nitrogen and oxygen atoms in total. The molecule has 0 spiro atoms. The Morgan fingerprint density at radius 2 is 1.65 bits per heavy atom. The molecule has 2 aromatic rings. The molecule has 8 heteroatoms. The highest BCUT2D eigenvalue weighted by Gasteiger charge is 2.39. The number of hydrogen-bond donors (Lipinski definition) is 0. The number of thioether (sulfide) groups is 1. The molecule has 2 saturated carbocycles. The third kappa shape index (κ3) is 6.72. The summed E-state index contributed by atoms with van der Waals surface area (Å²) in [5.74, 6) is 0.565. The number of ether oxygens (including phenoxy) is 1. The minimum Gasteiger partial charge on any atom is -0.487 e. The van der Waals surface area contributed by atoms with Crippen LogP contribution in [0.3, 0.4) is 0 Å². The summed E-state index contributed by atoms with van der Waals surface area (Å²) in [6.45, 7) is 0.171. The lowest BCUT2D eigenvalue weighted by molar-refractivity contribution is -0.124. The van der Waals surface area contributed by atoms with E-state index in [9.17, 15) is 9.18 Å². The van der Waals surface area contributed by atoms with Gasteiger partial charge in [-0.1, -0.05) is 56.7 Å². The Hall–Kier alpha value is -1.14. The summed E-state index contributed by atoms with van der Waals surface area (Å²) in [6, 6.07) is 11.3. The van der Waals surface area contributed by atoms with Gasteiger partial charge in [0, 0.05) is 11.6 Å². The number of amides is 1. The van der Waals surface area contributed by atoms with Gasteiger partial charge in [0.2, 0.25) is 0 Å². The zero-order valence-electron chi connectivity index (χ0n) is 20.7. The Balaban J connectivity index is 1.38. The lowest BCUT2D eigenvalue weighted by Gasteiger charge is -2.31. The molecule has 196 valence electrons. The zero-order chi connectivity index (χ0) is 25.8. The average molecular weight is 744 g/mol. The van der Waals surface area contributed by atoms with Crippen molar-refractivity contribution in [2.45, 2.75) is 82.9 Å². The lowest BCUT2D eigenvalue weighted by Crippen LogP contribution is -2.41. The molecule has 0 N–H and O–H groups in total. The minimum atomic E-state index is -0.265. The van der Waals surface area contributed by atoms with Gasteiger partial charge in [-0.05, 0) is 112 Å². The second kappa shape index (κ2) is 12.8. The second-order valence-electron chi connectivity index (χ2n) is 9.97. The third-order valence-electron chi connectivity index (χ3n) is 7.29. The summed E-state index contributed by atoms with van der Waals surface area (Å²) in [5, 5.41) is 0.907. The number of nitrogens with zero attached hydrogens (tertiary/aromatic N) is 2. The van der Waals surface area contributed by atoms with Crippen molar-refractivity contribution in [2.75, 3.05) is 0 Å². The van der Waals surface area contributed by atoms with Crippen LogP contribution in [0.5, 0.6) is 5.75 Å². The number of rotatable bonds is 6. The summed E-state index contributed by atoms with van der Waals surface area (Å²) in [5.41, 5.74) is 1.49. The Morgan fingerprint density at radius 1 is 1.00 bits per heavy atom. The van der Waals surface area contributed by atoms with Crippen LogP contribution >= 0.6 is 56.9 Å². The van der Waals surface area contributed by atoms with Crippen molar-refractivity contribution >= 4 is 74.1 Å². The Morgan fingerprint density at radius 3 is 2.32 bits per heavy atom. The van der Waals surface area contributed by atoms with E-state index in [-0.39, 0.29) is 24.4 Å². The van der Waals surface area contributed by atoms with Crippen molar-refractivity contribution in [3.05, 3.63) is 65.4 Å². The van der Waals surface area contributed by atoms with Crippen LogP contribution in [0.2, 0.25) is 0 Å². The number of halogens is 3. The van der Waals surface area contributed by atoms with Gasteiger partial charge in [0.15, 0.2) is 5.17 Å². The summed E-state index contributed by atoms with van der Waals surface area (Å²) in [4.78, 5) is 21.6. The molecule has 1 aliphatic heterocycles. The first-order chi connectivity index (χ1) is 18.0. The van der Waals surface area contributed by atoms with Crippen LogP contribution in [0.4, 0.5) is 4.39 Å². The Labute approximate surface area is 250 Å². The number of aliphatic imine (C=N–C) groups is 1. The van der Waals surface area contributed by atoms with Crippen molar-refractivity contribution < 1.29 is 13.9 Å². The molecule has 1 saturated heterocycles. The van der Waals surface area contributed by atoms with Gasteiger partial charge in [-0.25, -0.2) is 4.39 Å². The Bertz CT molecular complexity index is 1180. The molecule has 3 aliphatic rings. The van der Waals surface area contributed by atoms with E-state index in [2.05, 4.69) is 45.2 Å². The van der Waals surface area contributed by atoms with Gasteiger partial charge in [0.25, 0.3) is 5.91 Å².